The number of benzene rings is 1. The molecule has 0 spiro atoms. The number of anilines is 1. The summed E-state index contributed by atoms with van der Waals surface area (Å²) in [6.07, 6.45) is 0.882. The highest BCUT2D eigenvalue weighted by Gasteiger charge is 1.99. The van der Waals surface area contributed by atoms with E-state index in [2.05, 4.69) is 10.6 Å². The molecular weight excluding hydrogens is 182 g/mol. The third kappa shape index (κ3) is 3.14. The number of hydrogen-bond acceptors (Lipinski definition) is 4. The summed E-state index contributed by atoms with van der Waals surface area (Å²) < 4.78 is 0. The van der Waals surface area contributed by atoms with Gasteiger partial charge in [0.15, 0.2) is 5.82 Å². The maximum Gasteiger partial charge on any atom is 0.274 e. The fourth-order valence-electron chi connectivity index (χ4n) is 0.942. The second-order valence-corrected chi connectivity index (χ2v) is 2.57. The molecule has 0 radical (unpaired) electrons. The van der Waals surface area contributed by atoms with E-state index in [9.17, 15) is 10.1 Å². The lowest BCUT2D eigenvalue weighted by atomic mass is 10.3. The minimum atomic E-state index is -0.512. The number of nitro groups is 1. The van der Waals surface area contributed by atoms with Gasteiger partial charge in [-0.15, -0.1) is 0 Å². The van der Waals surface area contributed by atoms with Crippen molar-refractivity contribution in [3.05, 3.63) is 52.5 Å². The molecule has 2 N–H and O–H groups in total. The molecule has 74 valence electrons. The molecular formula is C9H11N3O2. The summed E-state index contributed by atoms with van der Waals surface area (Å²) in [5, 5.41) is 15.8. The lowest BCUT2D eigenvalue weighted by molar-refractivity contribution is -0.403. The predicted molar refractivity (Wildman–Crippen MR) is 54.2 cm³/mol. The summed E-state index contributed by atoms with van der Waals surface area (Å²) in [6, 6.07) is 9.22. The van der Waals surface area contributed by atoms with Gasteiger partial charge < -0.3 is 10.6 Å². The lowest BCUT2D eigenvalue weighted by Crippen LogP contribution is -2.16. The predicted octanol–water partition coefficient (Wildman–Crippen LogP) is 1.39. The van der Waals surface area contributed by atoms with Crippen molar-refractivity contribution in [2.75, 3.05) is 12.4 Å². The summed E-state index contributed by atoms with van der Waals surface area (Å²) in [4.78, 5) is 9.70. The van der Waals surface area contributed by atoms with Gasteiger partial charge in [0.2, 0.25) is 0 Å². The zero-order valence-corrected chi connectivity index (χ0v) is 7.73. The minimum absolute atomic E-state index is 0.348. The first kappa shape index (κ1) is 10.0. The molecule has 0 saturated heterocycles. The third-order valence-corrected chi connectivity index (χ3v) is 1.56. The second kappa shape index (κ2) is 4.86. The van der Waals surface area contributed by atoms with Crippen molar-refractivity contribution in [3.8, 4) is 0 Å². The quantitative estimate of drug-likeness (QED) is 0.560. The van der Waals surface area contributed by atoms with Crippen LogP contribution in [-0.2, 0) is 0 Å². The van der Waals surface area contributed by atoms with E-state index in [-0.39, 0.29) is 0 Å². The van der Waals surface area contributed by atoms with Gasteiger partial charge in [-0.2, -0.15) is 0 Å². The molecule has 1 rings (SSSR count). The molecule has 1 aromatic rings. The van der Waals surface area contributed by atoms with Crippen molar-refractivity contribution < 1.29 is 4.92 Å². The van der Waals surface area contributed by atoms with Gasteiger partial charge in [0, 0.05) is 12.7 Å². The molecule has 0 fully saturated rings. The molecule has 0 amide bonds. The first-order chi connectivity index (χ1) is 6.72. The molecule has 0 heterocycles. The van der Waals surface area contributed by atoms with E-state index in [1.54, 1.807) is 7.05 Å². The van der Waals surface area contributed by atoms with E-state index in [1.807, 2.05) is 30.3 Å². The van der Waals surface area contributed by atoms with Gasteiger partial charge in [0.1, 0.15) is 0 Å². The van der Waals surface area contributed by atoms with Gasteiger partial charge in [0.05, 0.1) is 4.92 Å². The molecule has 0 aliphatic carbocycles. The SMILES string of the molecule is CN/C(=C\[N+](=O)[O-])Nc1ccccc1. The molecule has 0 unspecified atom stereocenters. The Morgan fingerprint density at radius 3 is 2.57 bits per heavy atom. The van der Waals surface area contributed by atoms with E-state index in [1.165, 1.54) is 0 Å². The zero-order chi connectivity index (χ0) is 10.4. The normalized spacial score (nSPS) is 10.8. The van der Waals surface area contributed by atoms with E-state index in [4.69, 9.17) is 0 Å². The van der Waals surface area contributed by atoms with Gasteiger partial charge >= 0.3 is 0 Å². The summed E-state index contributed by atoms with van der Waals surface area (Å²) in [6.45, 7) is 0. The van der Waals surface area contributed by atoms with E-state index < -0.39 is 4.92 Å². The second-order valence-electron chi connectivity index (χ2n) is 2.57. The Kier molecular flexibility index (Phi) is 3.49. The maximum absolute atomic E-state index is 10.2. The van der Waals surface area contributed by atoms with Gasteiger partial charge in [-0.05, 0) is 12.1 Å². The summed E-state index contributed by atoms with van der Waals surface area (Å²) in [7, 11) is 1.62. The highest BCUT2D eigenvalue weighted by Crippen LogP contribution is 2.06. The molecule has 0 bridgehead atoms. The fourth-order valence-corrected chi connectivity index (χ4v) is 0.942. The topological polar surface area (TPSA) is 67.2 Å². The van der Waals surface area contributed by atoms with Crippen LogP contribution in [0.15, 0.2) is 42.4 Å². The average Bonchev–Trinajstić information content (AvgIpc) is 2.17. The smallest absolute Gasteiger partial charge is 0.274 e. The van der Waals surface area contributed by atoms with Crippen LogP contribution in [0.5, 0.6) is 0 Å². The van der Waals surface area contributed by atoms with Crippen molar-refractivity contribution in [2.45, 2.75) is 0 Å². The van der Waals surface area contributed by atoms with Crippen molar-refractivity contribution >= 4 is 5.69 Å². The van der Waals surface area contributed by atoms with Crippen molar-refractivity contribution in [3.63, 3.8) is 0 Å². The lowest BCUT2D eigenvalue weighted by Gasteiger charge is -2.06. The van der Waals surface area contributed by atoms with Crippen LogP contribution < -0.4 is 10.6 Å². The van der Waals surface area contributed by atoms with Gasteiger partial charge in [0.25, 0.3) is 6.20 Å². The van der Waals surface area contributed by atoms with Gasteiger partial charge in [-0.1, -0.05) is 18.2 Å². The molecule has 5 heteroatoms. The van der Waals surface area contributed by atoms with Crippen LogP contribution in [0.2, 0.25) is 0 Å². The van der Waals surface area contributed by atoms with Crippen molar-refractivity contribution in [2.24, 2.45) is 0 Å². The van der Waals surface area contributed by atoms with Crippen LogP contribution in [0.1, 0.15) is 0 Å². The highest BCUT2D eigenvalue weighted by molar-refractivity contribution is 5.46. The summed E-state index contributed by atoms with van der Waals surface area (Å²) in [5.41, 5.74) is 0.801. The average molecular weight is 193 g/mol. The minimum Gasteiger partial charge on any atom is -0.370 e. The van der Waals surface area contributed by atoms with Crippen molar-refractivity contribution in [1.82, 2.24) is 5.32 Å². The maximum atomic E-state index is 10.2. The molecule has 14 heavy (non-hydrogen) atoms. The van der Waals surface area contributed by atoms with Crippen LogP contribution >= 0.6 is 0 Å². The Balaban J connectivity index is 2.71. The number of para-hydroxylation sites is 1. The largest absolute Gasteiger partial charge is 0.370 e. The molecule has 1 aromatic carbocycles. The molecule has 5 nitrogen and oxygen atoms in total. The Bertz CT molecular complexity index is 335. The number of rotatable bonds is 4. The molecule has 0 aliphatic rings. The van der Waals surface area contributed by atoms with E-state index in [0.717, 1.165) is 11.9 Å². The highest BCUT2D eigenvalue weighted by atomic mass is 16.6. The van der Waals surface area contributed by atoms with Crippen molar-refractivity contribution in [1.29, 1.82) is 0 Å². The molecule has 0 aromatic heterocycles. The van der Waals surface area contributed by atoms with Crippen LogP contribution in [0.4, 0.5) is 5.69 Å². The molecule has 0 aliphatic heterocycles. The number of hydrogen-bond donors (Lipinski definition) is 2. The van der Waals surface area contributed by atoms with E-state index >= 15 is 0 Å². The van der Waals surface area contributed by atoms with E-state index in [0.29, 0.717) is 5.82 Å². The fraction of sp³-hybridized carbons (Fsp3) is 0.111. The first-order valence-corrected chi connectivity index (χ1v) is 4.07. The monoisotopic (exact) mass is 193 g/mol. The van der Waals surface area contributed by atoms with Crippen LogP contribution in [0, 0.1) is 10.1 Å². The van der Waals surface area contributed by atoms with Crippen LogP contribution in [0.25, 0.3) is 0 Å². The van der Waals surface area contributed by atoms with Crippen LogP contribution in [0.3, 0.4) is 0 Å². The first-order valence-electron chi connectivity index (χ1n) is 4.07. The number of nitrogens with zero attached hydrogens (tertiary/aromatic N) is 1. The number of nitrogens with one attached hydrogen (secondary N) is 2. The van der Waals surface area contributed by atoms with Gasteiger partial charge in [-0.25, -0.2) is 0 Å². The Morgan fingerprint density at radius 2 is 2.07 bits per heavy atom. The molecule has 0 atom stereocenters. The molecule has 0 saturated carbocycles. The summed E-state index contributed by atoms with van der Waals surface area (Å²) >= 11 is 0. The third-order valence-electron chi connectivity index (χ3n) is 1.56. The Labute approximate surface area is 81.6 Å². The van der Waals surface area contributed by atoms with Crippen LogP contribution in [-0.4, -0.2) is 12.0 Å². The standard InChI is InChI=1S/C9H11N3O2/c1-10-9(7-12(13)14)11-8-5-3-2-4-6-8/h2-7,10-11H,1H3/b9-7+. The Hall–Kier alpha value is -2.04. The Morgan fingerprint density at radius 1 is 1.43 bits per heavy atom. The summed E-state index contributed by atoms with van der Waals surface area (Å²) in [5.74, 6) is 0.348. The van der Waals surface area contributed by atoms with Gasteiger partial charge in [-0.3, -0.25) is 10.1 Å². The zero-order valence-electron chi connectivity index (χ0n) is 7.73.